The molecule has 1 atom stereocenters. The van der Waals surface area contributed by atoms with E-state index in [1.54, 1.807) is 18.2 Å². The first-order chi connectivity index (χ1) is 16.9. The number of carbonyl (C=O) groups excluding carboxylic acids is 1. The van der Waals surface area contributed by atoms with Crippen LogP contribution in [0.4, 0.5) is 23.7 Å². The Balaban J connectivity index is 1.50. The molecule has 8 nitrogen and oxygen atoms in total. The Morgan fingerprint density at radius 2 is 1.86 bits per heavy atom. The fourth-order valence-corrected chi connectivity index (χ4v) is 6.78. The van der Waals surface area contributed by atoms with Crippen LogP contribution in [0.2, 0.25) is 0 Å². The van der Waals surface area contributed by atoms with Gasteiger partial charge in [0.25, 0.3) is 0 Å². The van der Waals surface area contributed by atoms with Crippen LogP contribution in [0.25, 0.3) is 0 Å². The smallest absolute Gasteiger partial charge is 0.406 e. The number of rotatable bonds is 3. The molecule has 0 saturated carbocycles. The molecule has 3 aliphatic rings. The van der Waals surface area contributed by atoms with E-state index in [1.165, 1.54) is 24.2 Å². The Hall–Kier alpha value is -3.28. The van der Waals surface area contributed by atoms with Gasteiger partial charge in [0.2, 0.25) is 0 Å². The molecule has 1 spiro atoms. The first-order valence-electron chi connectivity index (χ1n) is 11.5. The zero-order chi connectivity index (χ0) is 25.9. The maximum Gasteiger partial charge on any atom is 0.573 e. The first-order valence-corrected chi connectivity index (χ1v) is 13.1. The third-order valence-corrected chi connectivity index (χ3v) is 9.61. The molecule has 0 aromatic heterocycles. The SMILES string of the molecule is CNC(=O)N1N=C(c2ccc(N3CC4(CCS4(=O)=O)C3)cc2)c2cc(OC(F)(F)F)ccc2CC1C. The molecule has 2 fully saturated rings. The molecule has 1 unspecified atom stereocenters. The second kappa shape index (κ2) is 8.39. The van der Waals surface area contributed by atoms with Gasteiger partial charge >= 0.3 is 12.4 Å². The van der Waals surface area contributed by atoms with Gasteiger partial charge in [-0.2, -0.15) is 5.10 Å². The highest BCUT2D eigenvalue weighted by Crippen LogP contribution is 2.44. The lowest BCUT2D eigenvalue weighted by atomic mass is 9.92. The van der Waals surface area contributed by atoms with Crippen molar-refractivity contribution in [1.82, 2.24) is 10.3 Å². The van der Waals surface area contributed by atoms with Crippen LogP contribution in [0.5, 0.6) is 5.75 Å². The number of urea groups is 1. The molecule has 12 heteroatoms. The summed E-state index contributed by atoms with van der Waals surface area (Å²) in [7, 11) is -1.54. The Kier molecular flexibility index (Phi) is 5.69. The monoisotopic (exact) mass is 522 g/mol. The molecule has 3 heterocycles. The van der Waals surface area contributed by atoms with Gasteiger partial charge in [0.05, 0.1) is 17.5 Å². The van der Waals surface area contributed by atoms with Crippen molar-refractivity contribution in [1.29, 1.82) is 0 Å². The number of halogens is 3. The van der Waals surface area contributed by atoms with Crippen molar-refractivity contribution in [2.45, 2.75) is 36.9 Å². The zero-order valence-corrected chi connectivity index (χ0v) is 20.5. The second-order valence-corrected chi connectivity index (χ2v) is 11.9. The van der Waals surface area contributed by atoms with Gasteiger partial charge in [-0.25, -0.2) is 18.2 Å². The van der Waals surface area contributed by atoms with Crippen molar-refractivity contribution in [2.24, 2.45) is 5.10 Å². The van der Waals surface area contributed by atoms with E-state index < -0.39 is 27.0 Å². The van der Waals surface area contributed by atoms with E-state index in [9.17, 15) is 26.4 Å². The minimum atomic E-state index is -4.85. The molecule has 1 N–H and O–H groups in total. The van der Waals surface area contributed by atoms with Crippen LogP contribution < -0.4 is 15.0 Å². The number of fused-ring (bicyclic) bond motifs is 1. The molecule has 2 aromatic carbocycles. The molecule has 2 saturated heterocycles. The summed E-state index contributed by atoms with van der Waals surface area (Å²) >= 11 is 0. The number of benzene rings is 2. The predicted octanol–water partition coefficient (Wildman–Crippen LogP) is 3.30. The van der Waals surface area contributed by atoms with Gasteiger partial charge in [0, 0.05) is 37.0 Å². The molecule has 3 aliphatic heterocycles. The van der Waals surface area contributed by atoms with Crippen LogP contribution in [0.3, 0.4) is 0 Å². The highest BCUT2D eigenvalue weighted by molar-refractivity contribution is 7.94. The molecule has 0 bridgehead atoms. The van der Waals surface area contributed by atoms with Gasteiger partial charge in [-0.15, -0.1) is 13.2 Å². The Morgan fingerprint density at radius 1 is 1.17 bits per heavy atom. The summed E-state index contributed by atoms with van der Waals surface area (Å²) in [6.45, 7) is 2.69. The number of ether oxygens (including phenoxy) is 1. The maximum atomic E-state index is 12.9. The number of nitrogens with one attached hydrogen (secondary N) is 1. The number of nitrogens with zero attached hydrogens (tertiary/aromatic N) is 3. The molecular weight excluding hydrogens is 497 g/mol. The van der Waals surface area contributed by atoms with E-state index >= 15 is 0 Å². The van der Waals surface area contributed by atoms with Crippen LogP contribution in [-0.2, 0) is 16.3 Å². The number of hydrazone groups is 1. The van der Waals surface area contributed by atoms with E-state index in [2.05, 4.69) is 15.2 Å². The highest BCUT2D eigenvalue weighted by atomic mass is 32.2. The molecule has 2 aromatic rings. The standard InChI is InChI=1S/C24H25F3N4O4S/c1-15-11-17-5-8-19(35-24(25,26)27)12-20(17)21(29-31(15)22(32)28-2)16-3-6-18(7-4-16)30-13-23(14-30)9-10-36(23,33)34/h3-8,12,15H,9-11,13-14H2,1-2H3,(H,28,32). The number of anilines is 1. The van der Waals surface area contributed by atoms with E-state index in [0.29, 0.717) is 42.8 Å². The van der Waals surface area contributed by atoms with Crippen molar-refractivity contribution in [3.8, 4) is 5.75 Å². The van der Waals surface area contributed by atoms with Gasteiger partial charge in [-0.05, 0) is 49.6 Å². The van der Waals surface area contributed by atoms with E-state index in [-0.39, 0.29) is 17.5 Å². The lowest BCUT2D eigenvalue weighted by molar-refractivity contribution is -0.274. The predicted molar refractivity (Wildman–Crippen MR) is 128 cm³/mol. The third-order valence-electron chi connectivity index (χ3n) is 7.08. The normalized spacial score (nSPS) is 22.0. The summed E-state index contributed by atoms with van der Waals surface area (Å²) in [5, 5.41) is 8.39. The van der Waals surface area contributed by atoms with Crippen LogP contribution >= 0.6 is 0 Å². The highest BCUT2D eigenvalue weighted by Gasteiger charge is 2.59. The lowest BCUT2D eigenvalue weighted by Crippen LogP contribution is -2.72. The summed E-state index contributed by atoms with van der Waals surface area (Å²) in [5.74, 6) is -0.140. The van der Waals surface area contributed by atoms with Crippen LogP contribution in [0.15, 0.2) is 47.6 Å². The molecule has 5 rings (SSSR count). The fraction of sp³-hybridized carbons (Fsp3) is 0.417. The van der Waals surface area contributed by atoms with Gasteiger partial charge in [-0.1, -0.05) is 18.2 Å². The number of hydrogen-bond donors (Lipinski definition) is 1. The molecule has 2 amide bonds. The lowest BCUT2D eigenvalue weighted by Gasteiger charge is -2.55. The number of hydrogen-bond acceptors (Lipinski definition) is 6. The Labute approximate surface area is 206 Å². The Bertz CT molecular complexity index is 1340. The number of alkyl halides is 3. The molecule has 0 radical (unpaired) electrons. The van der Waals surface area contributed by atoms with Gasteiger partial charge in [0.15, 0.2) is 9.84 Å². The van der Waals surface area contributed by atoms with Crippen molar-refractivity contribution in [2.75, 3.05) is 30.8 Å². The van der Waals surface area contributed by atoms with Crippen LogP contribution in [0, 0.1) is 0 Å². The largest absolute Gasteiger partial charge is 0.573 e. The number of carbonyl (C=O) groups is 1. The van der Waals surface area contributed by atoms with Crippen LogP contribution in [-0.4, -0.2) is 68.2 Å². The van der Waals surface area contributed by atoms with Crippen LogP contribution in [0.1, 0.15) is 30.0 Å². The van der Waals surface area contributed by atoms with Crippen molar-refractivity contribution in [3.05, 3.63) is 59.2 Å². The summed E-state index contributed by atoms with van der Waals surface area (Å²) in [5.41, 5.74) is 2.93. The second-order valence-electron chi connectivity index (χ2n) is 9.42. The summed E-state index contributed by atoms with van der Waals surface area (Å²) < 4.78 is 66.4. The molecular formula is C24H25F3N4O4S. The van der Waals surface area contributed by atoms with Gasteiger partial charge < -0.3 is 15.0 Å². The van der Waals surface area contributed by atoms with Crippen molar-refractivity contribution in [3.63, 3.8) is 0 Å². The van der Waals surface area contributed by atoms with E-state index in [0.717, 1.165) is 11.3 Å². The number of sulfone groups is 1. The maximum absolute atomic E-state index is 12.9. The van der Waals surface area contributed by atoms with Crippen molar-refractivity contribution < 1.29 is 31.1 Å². The zero-order valence-electron chi connectivity index (χ0n) is 19.7. The van der Waals surface area contributed by atoms with E-state index in [1.807, 2.05) is 24.0 Å². The molecule has 192 valence electrons. The van der Waals surface area contributed by atoms with Gasteiger partial charge in [-0.3, -0.25) is 0 Å². The average Bonchev–Trinajstić information content (AvgIpc) is 2.92. The third kappa shape index (κ3) is 4.16. The minimum Gasteiger partial charge on any atom is -0.406 e. The summed E-state index contributed by atoms with van der Waals surface area (Å²) in [6.07, 6.45) is -3.79. The van der Waals surface area contributed by atoms with Crippen molar-refractivity contribution >= 4 is 27.3 Å². The quantitative estimate of drug-likeness (QED) is 0.668. The minimum absolute atomic E-state index is 0.235. The van der Waals surface area contributed by atoms with Gasteiger partial charge in [0.1, 0.15) is 10.5 Å². The topological polar surface area (TPSA) is 91.3 Å². The average molecular weight is 523 g/mol. The number of amides is 2. The first kappa shape index (κ1) is 24.4. The summed E-state index contributed by atoms with van der Waals surface area (Å²) in [4.78, 5) is 14.5. The fourth-order valence-electron chi connectivity index (χ4n) is 4.96. The molecule has 36 heavy (non-hydrogen) atoms. The Morgan fingerprint density at radius 3 is 2.42 bits per heavy atom. The molecule has 0 aliphatic carbocycles. The summed E-state index contributed by atoms with van der Waals surface area (Å²) in [6, 6.07) is 10.5. The van der Waals surface area contributed by atoms with E-state index in [4.69, 9.17) is 0 Å².